The molecule has 0 bridgehead atoms. The quantitative estimate of drug-likeness (QED) is 0.623. The Labute approximate surface area is 179 Å². The van der Waals surface area contributed by atoms with E-state index in [1.165, 1.54) is 11.8 Å². The maximum atomic E-state index is 15.3. The summed E-state index contributed by atoms with van der Waals surface area (Å²) in [6, 6.07) is 2.11. The molecule has 0 radical (unpaired) electrons. The van der Waals surface area contributed by atoms with Crippen LogP contribution in [0.1, 0.15) is 47.4 Å². The molecule has 7 nitrogen and oxygen atoms in total. The van der Waals surface area contributed by atoms with Crippen LogP contribution in [0, 0.1) is 23.0 Å². The number of sulfonamides is 1. The van der Waals surface area contributed by atoms with Crippen molar-refractivity contribution in [3.05, 3.63) is 46.8 Å². The van der Waals surface area contributed by atoms with Gasteiger partial charge < -0.3 is 9.88 Å². The fraction of sp³-hybridized carbons (Fsp3) is 0.368. The highest BCUT2D eigenvalue weighted by molar-refractivity contribution is 7.89. The van der Waals surface area contributed by atoms with Gasteiger partial charge in [0.05, 0.1) is 5.56 Å². The van der Waals surface area contributed by atoms with E-state index in [-0.39, 0.29) is 16.9 Å². The van der Waals surface area contributed by atoms with E-state index in [2.05, 4.69) is 5.32 Å². The molecule has 13 heteroatoms. The number of hydrogen-bond donors (Lipinski definition) is 2. The molecule has 172 valence electrons. The van der Waals surface area contributed by atoms with E-state index < -0.39 is 56.3 Å². The second-order valence-corrected chi connectivity index (χ2v) is 9.01. The minimum Gasteiger partial charge on any atom is -0.340 e. The van der Waals surface area contributed by atoms with Gasteiger partial charge in [0.15, 0.2) is 5.82 Å². The number of carbonyl (C=O) groups excluding carboxylic acids is 1. The third-order valence-corrected chi connectivity index (χ3v) is 6.54. The first-order valence-electron chi connectivity index (χ1n) is 9.26. The number of nitrogens with one attached hydrogen (secondary N) is 2. The summed E-state index contributed by atoms with van der Waals surface area (Å²) in [5.74, 6) is -3.91. The fourth-order valence-electron chi connectivity index (χ4n) is 3.20. The Morgan fingerprint density at radius 3 is 2.44 bits per heavy atom. The van der Waals surface area contributed by atoms with Crippen molar-refractivity contribution < 1.29 is 35.2 Å². The number of hydrogen-bond acceptors (Lipinski definition) is 4. The van der Waals surface area contributed by atoms with Gasteiger partial charge in [-0.3, -0.25) is 4.79 Å². The zero-order valence-electron chi connectivity index (χ0n) is 16.7. The van der Waals surface area contributed by atoms with Crippen LogP contribution < -0.4 is 10.0 Å². The fourth-order valence-corrected chi connectivity index (χ4v) is 4.83. The number of aromatic nitrogens is 1. The van der Waals surface area contributed by atoms with Gasteiger partial charge in [0.1, 0.15) is 28.5 Å². The lowest BCUT2D eigenvalue weighted by Crippen LogP contribution is -2.43. The lowest BCUT2D eigenvalue weighted by atomic mass is 10.2. The predicted molar refractivity (Wildman–Crippen MR) is 102 cm³/mol. The minimum absolute atomic E-state index is 0.0604. The van der Waals surface area contributed by atoms with Gasteiger partial charge in [-0.05, 0) is 38.0 Å². The van der Waals surface area contributed by atoms with Gasteiger partial charge in [-0.1, -0.05) is 0 Å². The van der Waals surface area contributed by atoms with Crippen LogP contribution in [-0.2, 0) is 17.1 Å². The lowest BCUT2D eigenvalue weighted by molar-refractivity contribution is -0.147. The molecule has 3 rings (SSSR count). The highest BCUT2D eigenvalue weighted by Gasteiger charge is 2.44. The van der Waals surface area contributed by atoms with E-state index in [9.17, 15) is 30.8 Å². The van der Waals surface area contributed by atoms with Crippen LogP contribution in [0.15, 0.2) is 23.1 Å². The first-order chi connectivity index (χ1) is 14.8. The molecule has 1 heterocycles. The number of halogens is 5. The molecule has 0 spiro atoms. The van der Waals surface area contributed by atoms with Gasteiger partial charge in [0.25, 0.3) is 5.91 Å². The van der Waals surface area contributed by atoms with E-state index in [0.717, 1.165) is 22.8 Å². The van der Waals surface area contributed by atoms with E-state index in [1.54, 1.807) is 6.07 Å². The summed E-state index contributed by atoms with van der Waals surface area (Å²) in [6.07, 6.45) is -3.96. The molecule has 0 aliphatic heterocycles. The van der Waals surface area contributed by atoms with Gasteiger partial charge in [0, 0.05) is 24.3 Å². The van der Waals surface area contributed by atoms with E-state index in [1.807, 2.05) is 0 Å². The highest BCUT2D eigenvalue weighted by atomic mass is 32.2. The average molecular weight is 476 g/mol. The lowest BCUT2D eigenvalue weighted by Gasteiger charge is -2.17. The summed E-state index contributed by atoms with van der Waals surface area (Å²) in [7, 11) is -3.75. The van der Waals surface area contributed by atoms with Gasteiger partial charge in [-0.15, -0.1) is 0 Å². The molecule has 1 aliphatic carbocycles. The van der Waals surface area contributed by atoms with Crippen molar-refractivity contribution in [3.63, 3.8) is 0 Å². The van der Waals surface area contributed by atoms with Crippen LogP contribution in [0.4, 0.5) is 27.6 Å². The molecular weight excluding hydrogens is 459 g/mol. The van der Waals surface area contributed by atoms with Crippen molar-refractivity contribution in [1.82, 2.24) is 9.29 Å². The predicted octanol–water partition coefficient (Wildman–Crippen LogP) is 3.53. The largest absolute Gasteiger partial charge is 0.404 e. The number of nitrogens with zero attached hydrogens (tertiary/aromatic N) is 2. The van der Waals surface area contributed by atoms with Crippen LogP contribution in [0.3, 0.4) is 0 Å². The standard InChI is InChI=1S/C19H17F5N4O3S/c1-9(19(22,23)24)27-32(30,31)17-14(21)16(28(2)15(17)10-3-4-10)18(29)26-12-5-6-13(20)11(7-12)8-25/h5-7,9-10,27H,3-4H2,1-2H3,(H,26,29)/t9-/m1/s1. The van der Waals surface area contributed by atoms with Crippen LogP contribution in [0.5, 0.6) is 0 Å². The van der Waals surface area contributed by atoms with Crippen molar-refractivity contribution in [3.8, 4) is 6.07 Å². The number of alkyl halides is 3. The zero-order valence-corrected chi connectivity index (χ0v) is 17.5. The van der Waals surface area contributed by atoms with Crippen molar-refractivity contribution in [1.29, 1.82) is 5.26 Å². The normalized spacial score (nSPS) is 15.3. The first-order valence-corrected chi connectivity index (χ1v) is 10.7. The number of anilines is 1. The number of benzene rings is 1. The van der Waals surface area contributed by atoms with Gasteiger partial charge in [0.2, 0.25) is 10.0 Å². The summed E-state index contributed by atoms with van der Waals surface area (Å²) in [5, 5.41) is 11.1. The van der Waals surface area contributed by atoms with Crippen molar-refractivity contribution in [2.45, 2.75) is 42.8 Å². The van der Waals surface area contributed by atoms with Gasteiger partial charge >= 0.3 is 6.18 Å². The van der Waals surface area contributed by atoms with E-state index in [0.29, 0.717) is 19.8 Å². The molecular formula is C19H17F5N4O3S. The van der Waals surface area contributed by atoms with Crippen LogP contribution in [0.25, 0.3) is 0 Å². The maximum absolute atomic E-state index is 15.3. The maximum Gasteiger partial charge on any atom is 0.404 e. The molecule has 1 saturated carbocycles. The number of carbonyl (C=O) groups is 1. The summed E-state index contributed by atoms with van der Waals surface area (Å²) in [5.41, 5.74) is -1.29. The summed E-state index contributed by atoms with van der Waals surface area (Å²) >= 11 is 0. The van der Waals surface area contributed by atoms with Crippen molar-refractivity contribution in [2.75, 3.05) is 5.32 Å². The number of nitriles is 1. The molecule has 1 atom stereocenters. The Morgan fingerprint density at radius 2 is 1.91 bits per heavy atom. The third kappa shape index (κ3) is 4.46. The van der Waals surface area contributed by atoms with Gasteiger partial charge in [-0.2, -0.15) is 23.2 Å². The van der Waals surface area contributed by atoms with Crippen LogP contribution in [-0.4, -0.2) is 31.1 Å². The smallest absolute Gasteiger partial charge is 0.340 e. The zero-order chi connectivity index (χ0) is 24.0. The molecule has 0 saturated heterocycles. The first kappa shape index (κ1) is 23.7. The second-order valence-electron chi connectivity index (χ2n) is 7.36. The average Bonchev–Trinajstić information content (AvgIpc) is 3.46. The summed E-state index contributed by atoms with van der Waals surface area (Å²) in [6.45, 7) is 0.574. The van der Waals surface area contributed by atoms with Crippen LogP contribution in [0.2, 0.25) is 0 Å². The third-order valence-electron chi connectivity index (χ3n) is 4.95. The Balaban J connectivity index is 2.04. The van der Waals surface area contributed by atoms with Crippen molar-refractivity contribution >= 4 is 21.6 Å². The van der Waals surface area contributed by atoms with Crippen molar-refractivity contribution in [2.24, 2.45) is 7.05 Å². The number of amides is 1. The molecule has 1 amide bonds. The molecule has 32 heavy (non-hydrogen) atoms. The Kier molecular flexibility index (Phi) is 6.05. The Bertz CT molecular complexity index is 1230. The molecule has 1 fully saturated rings. The van der Waals surface area contributed by atoms with Gasteiger partial charge in [-0.25, -0.2) is 17.2 Å². The topological polar surface area (TPSA) is 104 Å². The SMILES string of the molecule is C[C@@H](NS(=O)(=O)c1c(F)c(C(=O)Nc2ccc(F)c(C#N)c2)n(C)c1C1CC1)C(F)(F)F. The summed E-state index contributed by atoms with van der Waals surface area (Å²) in [4.78, 5) is 11.7. The molecule has 2 aromatic rings. The second kappa shape index (κ2) is 8.18. The molecule has 0 unspecified atom stereocenters. The molecule has 2 N–H and O–H groups in total. The molecule has 1 aromatic carbocycles. The Hall–Kier alpha value is -2.98. The van der Waals surface area contributed by atoms with Crippen LogP contribution >= 0.6 is 0 Å². The minimum atomic E-state index is -4.97. The monoisotopic (exact) mass is 476 g/mol. The highest BCUT2D eigenvalue weighted by Crippen LogP contribution is 2.45. The van der Waals surface area contributed by atoms with E-state index in [4.69, 9.17) is 5.26 Å². The molecule has 1 aliphatic rings. The Morgan fingerprint density at radius 1 is 1.28 bits per heavy atom. The molecule has 1 aromatic heterocycles. The van der Waals surface area contributed by atoms with E-state index >= 15 is 4.39 Å². The number of rotatable bonds is 6. The summed E-state index contributed by atoms with van der Waals surface area (Å²) < 4.78 is 95.1.